The van der Waals surface area contributed by atoms with Gasteiger partial charge in [0.1, 0.15) is 11.6 Å². The fraction of sp³-hybridized carbons (Fsp3) is 0.769. The van der Waals surface area contributed by atoms with Crippen LogP contribution in [0.5, 0.6) is 0 Å². The molecule has 0 fully saturated rings. The standard InChI is InChI=1S/C13H22N3/c1-3-5-7-9-12-14-11-15-13(16-12)10-8-6-4-2/h3-10H2,1-2H3. The molecule has 0 saturated carbocycles. The Bertz CT molecular complexity index is 261. The Hall–Kier alpha value is -0.990. The third kappa shape index (κ3) is 5.19. The first-order valence-corrected chi connectivity index (χ1v) is 6.46. The second-order valence-electron chi connectivity index (χ2n) is 4.18. The minimum Gasteiger partial charge on any atom is -0.218 e. The minimum absolute atomic E-state index is 0.912. The van der Waals surface area contributed by atoms with Gasteiger partial charge in [-0.05, 0) is 12.8 Å². The molecule has 16 heavy (non-hydrogen) atoms. The lowest BCUT2D eigenvalue weighted by Crippen LogP contribution is -2.02. The van der Waals surface area contributed by atoms with Crippen molar-refractivity contribution in [3.8, 4) is 0 Å². The molecule has 0 spiro atoms. The fourth-order valence-corrected chi connectivity index (χ4v) is 1.63. The van der Waals surface area contributed by atoms with E-state index in [-0.39, 0.29) is 0 Å². The molecule has 89 valence electrons. The van der Waals surface area contributed by atoms with Gasteiger partial charge < -0.3 is 0 Å². The average Bonchev–Trinajstić information content (AvgIpc) is 2.30. The molecule has 0 unspecified atom stereocenters. The summed E-state index contributed by atoms with van der Waals surface area (Å²) in [5.74, 6) is 1.82. The van der Waals surface area contributed by atoms with Crippen molar-refractivity contribution >= 4 is 0 Å². The Labute approximate surface area is 98.7 Å². The Morgan fingerprint density at radius 1 is 0.812 bits per heavy atom. The highest BCUT2D eigenvalue weighted by atomic mass is 15.0. The van der Waals surface area contributed by atoms with Gasteiger partial charge in [-0.25, -0.2) is 15.0 Å². The lowest BCUT2D eigenvalue weighted by Gasteiger charge is -2.01. The molecule has 1 heterocycles. The lowest BCUT2D eigenvalue weighted by molar-refractivity contribution is 0.658. The molecule has 0 N–H and O–H groups in total. The zero-order valence-corrected chi connectivity index (χ0v) is 10.5. The summed E-state index contributed by atoms with van der Waals surface area (Å²) in [6, 6.07) is 0. The van der Waals surface area contributed by atoms with E-state index in [9.17, 15) is 0 Å². The molecule has 0 aromatic carbocycles. The predicted octanol–water partition coefficient (Wildman–Crippen LogP) is 3.14. The van der Waals surface area contributed by atoms with E-state index >= 15 is 0 Å². The van der Waals surface area contributed by atoms with Crippen molar-refractivity contribution in [1.82, 2.24) is 15.0 Å². The van der Waals surface area contributed by atoms with Crippen LogP contribution in [-0.4, -0.2) is 15.0 Å². The molecule has 0 amide bonds. The van der Waals surface area contributed by atoms with Gasteiger partial charge in [-0.1, -0.05) is 39.5 Å². The molecule has 1 rings (SSSR count). The Morgan fingerprint density at radius 3 is 1.75 bits per heavy atom. The quantitative estimate of drug-likeness (QED) is 0.632. The number of rotatable bonds is 8. The number of aromatic nitrogens is 3. The average molecular weight is 220 g/mol. The zero-order valence-electron chi connectivity index (χ0n) is 10.5. The SMILES string of the molecule is CCCCCc1n[c]nc(CCCCC)n1. The van der Waals surface area contributed by atoms with Gasteiger partial charge in [0.25, 0.3) is 0 Å². The number of hydrogen-bond donors (Lipinski definition) is 0. The van der Waals surface area contributed by atoms with Gasteiger partial charge in [-0.15, -0.1) is 0 Å². The zero-order chi connectivity index (χ0) is 11.6. The van der Waals surface area contributed by atoms with E-state index < -0.39 is 0 Å². The Balaban J connectivity index is 2.37. The van der Waals surface area contributed by atoms with Crippen molar-refractivity contribution in [2.75, 3.05) is 0 Å². The largest absolute Gasteiger partial charge is 0.218 e. The molecular weight excluding hydrogens is 198 g/mol. The first kappa shape index (κ1) is 13.1. The second kappa shape index (κ2) is 8.20. The van der Waals surface area contributed by atoms with Crippen LogP contribution in [0.15, 0.2) is 0 Å². The molecular formula is C13H22N3. The predicted molar refractivity (Wildman–Crippen MR) is 65.1 cm³/mol. The highest BCUT2D eigenvalue weighted by Crippen LogP contribution is 2.04. The van der Waals surface area contributed by atoms with Crippen LogP contribution in [0.2, 0.25) is 0 Å². The van der Waals surface area contributed by atoms with Gasteiger partial charge in [0, 0.05) is 12.8 Å². The van der Waals surface area contributed by atoms with Crippen molar-refractivity contribution < 1.29 is 0 Å². The summed E-state index contributed by atoms with van der Waals surface area (Å²) in [4.78, 5) is 12.6. The van der Waals surface area contributed by atoms with E-state index in [4.69, 9.17) is 0 Å². The normalized spacial score (nSPS) is 10.6. The molecule has 3 heteroatoms. The van der Waals surface area contributed by atoms with E-state index in [0.717, 1.165) is 24.5 Å². The second-order valence-corrected chi connectivity index (χ2v) is 4.18. The molecule has 0 aliphatic carbocycles. The summed E-state index contributed by atoms with van der Waals surface area (Å²) in [7, 11) is 0. The first-order valence-electron chi connectivity index (χ1n) is 6.46. The van der Waals surface area contributed by atoms with E-state index in [0.29, 0.717) is 0 Å². The Morgan fingerprint density at radius 2 is 1.31 bits per heavy atom. The molecule has 1 radical (unpaired) electrons. The van der Waals surface area contributed by atoms with Gasteiger partial charge in [0.15, 0.2) is 0 Å². The summed E-state index contributed by atoms with van der Waals surface area (Å²) in [6.07, 6.45) is 12.0. The molecule has 0 aliphatic rings. The number of aryl methyl sites for hydroxylation is 2. The van der Waals surface area contributed by atoms with Gasteiger partial charge in [-0.3, -0.25) is 0 Å². The summed E-state index contributed by atoms with van der Waals surface area (Å²) >= 11 is 0. The molecule has 1 aromatic rings. The van der Waals surface area contributed by atoms with Crippen LogP contribution < -0.4 is 0 Å². The van der Waals surface area contributed by atoms with Crippen LogP contribution in [0.1, 0.15) is 64.0 Å². The minimum atomic E-state index is 0.912. The molecule has 0 saturated heterocycles. The van der Waals surface area contributed by atoms with Gasteiger partial charge in [0.2, 0.25) is 6.33 Å². The molecule has 0 aliphatic heterocycles. The van der Waals surface area contributed by atoms with E-state index in [1.54, 1.807) is 0 Å². The molecule has 1 aromatic heterocycles. The monoisotopic (exact) mass is 220 g/mol. The lowest BCUT2D eigenvalue weighted by atomic mass is 10.2. The van der Waals surface area contributed by atoms with Crippen LogP contribution in [0, 0.1) is 6.33 Å². The van der Waals surface area contributed by atoms with Crippen molar-refractivity contribution in [3.05, 3.63) is 18.0 Å². The first-order chi connectivity index (χ1) is 7.86. The van der Waals surface area contributed by atoms with Crippen molar-refractivity contribution in [3.63, 3.8) is 0 Å². The topological polar surface area (TPSA) is 38.7 Å². The van der Waals surface area contributed by atoms with E-state index in [1.165, 1.54) is 38.5 Å². The summed E-state index contributed by atoms with van der Waals surface area (Å²) in [6.45, 7) is 4.41. The van der Waals surface area contributed by atoms with Crippen LogP contribution in [0.3, 0.4) is 0 Å². The third-order valence-corrected chi connectivity index (χ3v) is 2.62. The summed E-state index contributed by atoms with van der Waals surface area (Å²) < 4.78 is 0. The summed E-state index contributed by atoms with van der Waals surface area (Å²) in [5, 5.41) is 0. The molecule has 3 nitrogen and oxygen atoms in total. The van der Waals surface area contributed by atoms with Crippen LogP contribution in [-0.2, 0) is 12.8 Å². The van der Waals surface area contributed by atoms with Gasteiger partial charge in [-0.2, -0.15) is 0 Å². The number of hydrogen-bond acceptors (Lipinski definition) is 3. The van der Waals surface area contributed by atoms with Crippen molar-refractivity contribution in [1.29, 1.82) is 0 Å². The van der Waals surface area contributed by atoms with Crippen molar-refractivity contribution in [2.45, 2.75) is 65.2 Å². The highest BCUT2D eigenvalue weighted by Gasteiger charge is 2.01. The highest BCUT2D eigenvalue weighted by molar-refractivity contribution is 4.90. The van der Waals surface area contributed by atoms with Crippen LogP contribution in [0.25, 0.3) is 0 Å². The van der Waals surface area contributed by atoms with Gasteiger partial charge >= 0.3 is 0 Å². The van der Waals surface area contributed by atoms with E-state index in [2.05, 4.69) is 35.1 Å². The third-order valence-electron chi connectivity index (χ3n) is 2.62. The molecule has 0 atom stereocenters. The molecule has 0 bridgehead atoms. The maximum absolute atomic E-state index is 4.46. The van der Waals surface area contributed by atoms with Crippen LogP contribution >= 0.6 is 0 Å². The van der Waals surface area contributed by atoms with E-state index in [1.807, 2.05) is 0 Å². The van der Waals surface area contributed by atoms with Crippen molar-refractivity contribution in [2.24, 2.45) is 0 Å². The smallest absolute Gasteiger partial charge is 0.201 e. The number of nitrogens with zero attached hydrogens (tertiary/aromatic N) is 3. The fourth-order valence-electron chi connectivity index (χ4n) is 1.63. The maximum Gasteiger partial charge on any atom is 0.201 e. The number of unbranched alkanes of at least 4 members (excludes halogenated alkanes) is 4. The maximum atomic E-state index is 4.46. The van der Waals surface area contributed by atoms with Gasteiger partial charge in [0.05, 0.1) is 0 Å². The summed E-state index contributed by atoms with van der Waals surface area (Å²) in [5.41, 5.74) is 0. The van der Waals surface area contributed by atoms with Crippen LogP contribution in [0.4, 0.5) is 0 Å². The Kier molecular flexibility index (Phi) is 6.70.